The molecule has 7 heteroatoms. The van der Waals surface area contributed by atoms with Crippen LogP contribution in [0.25, 0.3) is 6.08 Å². The molecule has 164 valence electrons. The molecule has 7 nitrogen and oxygen atoms in total. The molecule has 0 saturated heterocycles. The summed E-state index contributed by atoms with van der Waals surface area (Å²) in [5.74, 6) is 0.281. The van der Waals surface area contributed by atoms with Crippen molar-refractivity contribution in [1.82, 2.24) is 10.3 Å². The van der Waals surface area contributed by atoms with E-state index < -0.39 is 0 Å². The van der Waals surface area contributed by atoms with Gasteiger partial charge < -0.3 is 20.9 Å². The number of benzene rings is 2. The standard InChI is InChI=1S/C25H25N3O4/c1-32-24-12-17(2-8-21(24)16-29)5-9-25(31)28-14-18-3-6-19(7-4-18)23(30)13-20-10-11-27-15-22(20)26/h2-12,15,29H,13-14,16,26H2,1H3,(H,28,31)/b9-5+. The van der Waals surface area contributed by atoms with Gasteiger partial charge in [-0.2, -0.15) is 0 Å². The number of aromatic nitrogens is 1. The number of methoxy groups -OCH3 is 1. The van der Waals surface area contributed by atoms with Gasteiger partial charge in [0.15, 0.2) is 5.78 Å². The van der Waals surface area contributed by atoms with Crippen LogP contribution in [0.1, 0.15) is 32.6 Å². The van der Waals surface area contributed by atoms with Crippen molar-refractivity contribution in [3.05, 3.63) is 94.8 Å². The normalized spacial score (nSPS) is 10.8. The van der Waals surface area contributed by atoms with Gasteiger partial charge in [-0.15, -0.1) is 0 Å². The first kappa shape index (κ1) is 22.7. The molecule has 0 aliphatic rings. The van der Waals surface area contributed by atoms with Crippen LogP contribution < -0.4 is 15.8 Å². The van der Waals surface area contributed by atoms with E-state index in [2.05, 4.69) is 10.3 Å². The van der Waals surface area contributed by atoms with Gasteiger partial charge >= 0.3 is 0 Å². The van der Waals surface area contributed by atoms with Crippen LogP contribution in [0, 0.1) is 0 Å². The fraction of sp³-hybridized carbons (Fsp3) is 0.160. The van der Waals surface area contributed by atoms with Gasteiger partial charge in [-0.25, -0.2) is 0 Å². The predicted octanol–water partition coefficient (Wildman–Crippen LogP) is 2.92. The van der Waals surface area contributed by atoms with Gasteiger partial charge in [0.05, 0.1) is 25.6 Å². The Labute approximate surface area is 186 Å². The highest BCUT2D eigenvalue weighted by Crippen LogP contribution is 2.21. The molecule has 0 aliphatic carbocycles. The van der Waals surface area contributed by atoms with E-state index in [-0.39, 0.29) is 24.7 Å². The Bertz CT molecular complexity index is 1120. The fourth-order valence-corrected chi connectivity index (χ4v) is 3.10. The lowest BCUT2D eigenvalue weighted by molar-refractivity contribution is -0.116. The lowest BCUT2D eigenvalue weighted by atomic mass is 10.0. The van der Waals surface area contributed by atoms with Crippen LogP contribution in [0.3, 0.4) is 0 Å². The van der Waals surface area contributed by atoms with E-state index in [1.165, 1.54) is 19.4 Å². The van der Waals surface area contributed by atoms with E-state index in [1.807, 2.05) is 12.1 Å². The van der Waals surface area contributed by atoms with Gasteiger partial charge in [0.25, 0.3) is 0 Å². The molecule has 0 unspecified atom stereocenters. The molecular weight excluding hydrogens is 406 g/mol. The monoisotopic (exact) mass is 431 g/mol. The third kappa shape index (κ3) is 6.02. The van der Waals surface area contributed by atoms with Gasteiger partial charge in [-0.3, -0.25) is 14.6 Å². The van der Waals surface area contributed by atoms with Crippen LogP contribution in [0.4, 0.5) is 5.69 Å². The van der Waals surface area contributed by atoms with Crippen molar-refractivity contribution in [2.24, 2.45) is 0 Å². The Morgan fingerprint density at radius 2 is 1.91 bits per heavy atom. The van der Waals surface area contributed by atoms with Crippen molar-refractivity contribution in [3.63, 3.8) is 0 Å². The summed E-state index contributed by atoms with van der Waals surface area (Å²) in [6.07, 6.45) is 6.46. The second kappa shape index (κ2) is 10.9. The summed E-state index contributed by atoms with van der Waals surface area (Å²) in [5.41, 5.74) is 10.0. The van der Waals surface area contributed by atoms with E-state index in [1.54, 1.807) is 48.7 Å². The number of anilines is 1. The molecular formula is C25H25N3O4. The molecule has 1 amide bonds. The first-order chi connectivity index (χ1) is 15.5. The zero-order chi connectivity index (χ0) is 22.9. The molecule has 0 saturated carbocycles. The van der Waals surface area contributed by atoms with Crippen molar-refractivity contribution >= 4 is 23.5 Å². The van der Waals surface area contributed by atoms with Crippen LogP contribution in [0.15, 0.2) is 67.0 Å². The number of aliphatic hydroxyl groups excluding tert-OH is 1. The number of carbonyl (C=O) groups is 2. The largest absolute Gasteiger partial charge is 0.496 e. The predicted molar refractivity (Wildman–Crippen MR) is 123 cm³/mol. The summed E-state index contributed by atoms with van der Waals surface area (Å²) in [6.45, 7) is 0.220. The quantitative estimate of drug-likeness (QED) is 0.355. The van der Waals surface area contributed by atoms with E-state index in [4.69, 9.17) is 10.5 Å². The van der Waals surface area contributed by atoms with Crippen molar-refractivity contribution in [3.8, 4) is 5.75 Å². The number of nitrogens with zero attached hydrogens (tertiary/aromatic N) is 1. The summed E-state index contributed by atoms with van der Waals surface area (Å²) in [4.78, 5) is 28.5. The van der Waals surface area contributed by atoms with E-state index in [0.29, 0.717) is 29.1 Å². The molecule has 2 aromatic carbocycles. The molecule has 0 radical (unpaired) electrons. The average molecular weight is 431 g/mol. The van der Waals surface area contributed by atoms with Crippen molar-refractivity contribution < 1.29 is 19.4 Å². The zero-order valence-electron chi connectivity index (χ0n) is 17.7. The number of hydrogen-bond acceptors (Lipinski definition) is 6. The Hall–Kier alpha value is -3.97. The zero-order valence-corrected chi connectivity index (χ0v) is 17.7. The van der Waals surface area contributed by atoms with Gasteiger partial charge in [0.2, 0.25) is 5.91 Å². The minimum atomic E-state index is -0.247. The molecule has 0 atom stereocenters. The topological polar surface area (TPSA) is 115 Å². The Balaban J connectivity index is 1.53. The third-order valence-electron chi connectivity index (χ3n) is 4.95. The van der Waals surface area contributed by atoms with Gasteiger partial charge in [0, 0.05) is 36.4 Å². The Morgan fingerprint density at radius 1 is 1.12 bits per heavy atom. The minimum absolute atomic E-state index is 0.0379. The van der Waals surface area contributed by atoms with Gasteiger partial charge in [-0.1, -0.05) is 36.4 Å². The average Bonchev–Trinajstić information content (AvgIpc) is 2.82. The van der Waals surface area contributed by atoms with Gasteiger partial charge in [-0.05, 0) is 34.9 Å². The SMILES string of the molecule is COc1cc(/C=C/C(=O)NCc2ccc(C(=O)Cc3ccncc3N)cc2)ccc1CO. The number of carbonyl (C=O) groups excluding carboxylic acids is 2. The number of ketones is 1. The van der Waals surface area contributed by atoms with E-state index >= 15 is 0 Å². The number of rotatable bonds is 9. The van der Waals surface area contributed by atoms with Crippen LogP contribution in [-0.2, 0) is 24.4 Å². The van der Waals surface area contributed by atoms with E-state index in [9.17, 15) is 14.7 Å². The molecule has 3 rings (SSSR count). The molecule has 1 aromatic heterocycles. The molecule has 1 heterocycles. The number of nitrogens with one attached hydrogen (secondary N) is 1. The number of nitrogens with two attached hydrogens (primary N) is 1. The summed E-state index contributed by atoms with van der Waals surface area (Å²) >= 11 is 0. The maximum Gasteiger partial charge on any atom is 0.244 e. The molecule has 0 spiro atoms. The summed E-state index contributed by atoms with van der Waals surface area (Å²) in [7, 11) is 1.53. The number of nitrogen functional groups attached to an aromatic ring is 1. The Kier molecular flexibility index (Phi) is 7.72. The highest BCUT2D eigenvalue weighted by atomic mass is 16.5. The molecule has 0 aliphatic heterocycles. The highest BCUT2D eigenvalue weighted by Gasteiger charge is 2.09. The third-order valence-corrected chi connectivity index (χ3v) is 4.95. The fourth-order valence-electron chi connectivity index (χ4n) is 3.10. The lowest BCUT2D eigenvalue weighted by Crippen LogP contribution is -2.20. The lowest BCUT2D eigenvalue weighted by Gasteiger charge is -2.07. The number of amides is 1. The van der Waals surface area contributed by atoms with Gasteiger partial charge in [0.1, 0.15) is 5.75 Å². The molecule has 3 aromatic rings. The molecule has 4 N–H and O–H groups in total. The van der Waals surface area contributed by atoms with Crippen molar-refractivity contribution in [2.75, 3.05) is 12.8 Å². The smallest absolute Gasteiger partial charge is 0.244 e. The molecule has 0 fully saturated rings. The summed E-state index contributed by atoms with van der Waals surface area (Å²) in [6, 6.07) is 14.1. The Morgan fingerprint density at radius 3 is 2.59 bits per heavy atom. The summed E-state index contributed by atoms with van der Waals surface area (Å²) in [5, 5.41) is 12.1. The number of pyridine rings is 1. The van der Waals surface area contributed by atoms with E-state index in [0.717, 1.165) is 16.7 Å². The van der Waals surface area contributed by atoms with Crippen LogP contribution in [-0.4, -0.2) is 28.9 Å². The number of aliphatic hydroxyl groups is 1. The second-order valence-electron chi connectivity index (χ2n) is 7.15. The van der Waals surface area contributed by atoms with Crippen molar-refractivity contribution in [1.29, 1.82) is 0 Å². The molecule has 32 heavy (non-hydrogen) atoms. The highest BCUT2D eigenvalue weighted by molar-refractivity contribution is 5.98. The van der Waals surface area contributed by atoms with Crippen molar-refractivity contribution in [2.45, 2.75) is 19.6 Å². The minimum Gasteiger partial charge on any atom is -0.496 e. The molecule has 0 bridgehead atoms. The number of hydrogen-bond donors (Lipinski definition) is 3. The maximum absolute atomic E-state index is 12.5. The van der Waals surface area contributed by atoms with Crippen LogP contribution in [0.2, 0.25) is 0 Å². The second-order valence-corrected chi connectivity index (χ2v) is 7.15. The number of Topliss-reactive ketones (excluding diaryl/α,β-unsaturated/α-hetero) is 1. The first-order valence-corrected chi connectivity index (χ1v) is 10.0. The number of ether oxygens (including phenoxy) is 1. The van der Waals surface area contributed by atoms with Crippen LogP contribution >= 0.6 is 0 Å². The van der Waals surface area contributed by atoms with Crippen LogP contribution in [0.5, 0.6) is 5.75 Å². The first-order valence-electron chi connectivity index (χ1n) is 10.0. The summed E-state index contributed by atoms with van der Waals surface area (Å²) < 4.78 is 5.23. The maximum atomic E-state index is 12.5.